The lowest BCUT2D eigenvalue weighted by Gasteiger charge is -2.03. The van der Waals surface area contributed by atoms with Gasteiger partial charge in [0.05, 0.1) is 11.1 Å². The van der Waals surface area contributed by atoms with Crippen LogP contribution in [0.4, 0.5) is 0 Å². The van der Waals surface area contributed by atoms with Crippen molar-refractivity contribution in [2.24, 2.45) is 7.05 Å². The maximum atomic E-state index is 11.4. The second-order valence-electron chi connectivity index (χ2n) is 4.66. The van der Waals surface area contributed by atoms with Gasteiger partial charge in [0.1, 0.15) is 22.2 Å². The molecule has 0 aromatic carbocycles. The lowest BCUT2D eigenvalue weighted by Crippen LogP contribution is -2.00. The summed E-state index contributed by atoms with van der Waals surface area (Å²) in [5.74, 6) is -0.0238. The molecule has 1 aliphatic carbocycles. The van der Waals surface area contributed by atoms with Gasteiger partial charge in [-0.05, 0) is 19.8 Å². The van der Waals surface area contributed by atoms with Gasteiger partial charge >= 0.3 is 5.97 Å². The van der Waals surface area contributed by atoms with E-state index in [-0.39, 0.29) is 10.7 Å². The van der Waals surface area contributed by atoms with Gasteiger partial charge in [-0.15, -0.1) is 0 Å². The van der Waals surface area contributed by atoms with Gasteiger partial charge in [0, 0.05) is 13.0 Å². The number of fused-ring (bicyclic) bond motifs is 1. The van der Waals surface area contributed by atoms with E-state index < -0.39 is 5.97 Å². The van der Waals surface area contributed by atoms with Gasteiger partial charge in [0.25, 0.3) is 0 Å². The summed E-state index contributed by atoms with van der Waals surface area (Å²) in [6.07, 6.45) is 2.11. The maximum absolute atomic E-state index is 11.4. The van der Waals surface area contributed by atoms with Crippen LogP contribution in [0.25, 0.3) is 11.0 Å². The highest BCUT2D eigenvalue weighted by atomic mass is 35.5. The molecule has 0 bridgehead atoms. The van der Waals surface area contributed by atoms with Gasteiger partial charge < -0.3 is 9.67 Å². The molecule has 1 N–H and O–H groups in total. The van der Waals surface area contributed by atoms with Crippen LogP contribution >= 0.6 is 11.6 Å². The van der Waals surface area contributed by atoms with Crippen LogP contribution in [-0.4, -0.2) is 25.6 Å². The Morgan fingerprint density at radius 3 is 2.67 bits per heavy atom. The van der Waals surface area contributed by atoms with Gasteiger partial charge in [0.15, 0.2) is 0 Å². The van der Waals surface area contributed by atoms with E-state index in [1.165, 1.54) is 0 Å². The van der Waals surface area contributed by atoms with Crippen LogP contribution in [0.1, 0.15) is 40.6 Å². The molecule has 18 heavy (non-hydrogen) atoms. The standard InChI is InChI=1S/C12H12ClN3O2/c1-5-14-9(6-3-4-6)7-8(12(17)18)10(13)16(2)11(7)15-5/h6H,3-4H2,1-2H3,(H,17,18). The minimum atomic E-state index is -1.03. The number of carboxylic acids is 1. The van der Waals surface area contributed by atoms with Gasteiger partial charge in [-0.2, -0.15) is 0 Å². The first-order valence-corrected chi connectivity index (χ1v) is 6.14. The van der Waals surface area contributed by atoms with Crippen molar-refractivity contribution in [3.8, 4) is 0 Å². The van der Waals surface area contributed by atoms with Gasteiger partial charge in [-0.3, -0.25) is 0 Å². The average Bonchev–Trinajstić information content (AvgIpc) is 3.09. The molecule has 94 valence electrons. The quantitative estimate of drug-likeness (QED) is 0.906. The molecule has 0 spiro atoms. The van der Waals surface area contributed by atoms with E-state index in [0.29, 0.717) is 22.8 Å². The zero-order valence-electron chi connectivity index (χ0n) is 10.1. The zero-order chi connectivity index (χ0) is 13.0. The number of rotatable bonds is 2. The molecule has 1 fully saturated rings. The number of carbonyl (C=O) groups is 1. The Labute approximate surface area is 108 Å². The summed E-state index contributed by atoms with van der Waals surface area (Å²) in [4.78, 5) is 20.1. The molecule has 0 radical (unpaired) electrons. The summed E-state index contributed by atoms with van der Waals surface area (Å²) in [5.41, 5.74) is 1.56. The van der Waals surface area contributed by atoms with Crippen LogP contribution < -0.4 is 0 Å². The monoisotopic (exact) mass is 265 g/mol. The van der Waals surface area contributed by atoms with Crippen molar-refractivity contribution in [2.75, 3.05) is 0 Å². The third-order valence-electron chi connectivity index (χ3n) is 3.28. The smallest absolute Gasteiger partial charge is 0.339 e. The van der Waals surface area contributed by atoms with Crippen molar-refractivity contribution in [3.63, 3.8) is 0 Å². The fraction of sp³-hybridized carbons (Fsp3) is 0.417. The Morgan fingerprint density at radius 2 is 2.11 bits per heavy atom. The van der Waals surface area contributed by atoms with E-state index in [9.17, 15) is 9.90 Å². The van der Waals surface area contributed by atoms with Crippen molar-refractivity contribution in [3.05, 3.63) is 22.2 Å². The molecule has 0 aliphatic heterocycles. The number of hydrogen-bond acceptors (Lipinski definition) is 3. The van der Waals surface area contributed by atoms with E-state index in [0.717, 1.165) is 18.5 Å². The topological polar surface area (TPSA) is 68.0 Å². The molecular weight excluding hydrogens is 254 g/mol. The highest BCUT2D eigenvalue weighted by molar-refractivity contribution is 6.35. The molecule has 0 unspecified atom stereocenters. The predicted molar refractivity (Wildman–Crippen MR) is 67.2 cm³/mol. The first kappa shape index (κ1) is 11.5. The molecule has 2 heterocycles. The Kier molecular flexibility index (Phi) is 2.35. The fourth-order valence-corrected chi connectivity index (χ4v) is 2.53. The summed E-state index contributed by atoms with van der Waals surface area (Å²) in [7, 11) is 1.72. The fourth-order valence-electron chi connectivity index (χ4n) is 2.27. The minimum absolute atomic E-state index is 0.121. The van der Waals surface area contributed by atoms with Crippen LogP contribution in [0.15, 0.2) is 0 Å². The Hall–Kier alpha value is -1.62. The normalized spacial score (nSPS) is 15.3. The maximum Gasteiger partial charge on any atom is 0.339 e. The largest absolute Gasteiger partial charge is 0.478 e. The summed E-state index contributed by atoms with van der Waals surface area (Å²) in [5, 5.41) is 10.1. The molecule has 3 rings (SSSR count). The first-order valence-electron chi connectivity index (χ1n) is 5.76. The van der Waals surface area contributed by atoms with E-state index >= 15 is 0 Å². The second kappa shape index (κ2) is 3.68. The van der Waals surface area contributed by atoms with Crippen LogP contribution in [0.5, 0.6) is 0 Å². The number of nitrogens with zero attached hydrogens (tertiary/aromatic N) is 3. The van der Waals surface area contributed by atoms with Gasteiger partial charge in [-0.25, -0.2) is 14.8 Å². The molecular formula is C12H12ClN3O2. The molecule has 0 atom stereocenters. The first-order chi connectivity index (χ1) is 8.50. The van der Waals surface area contributed by atoms with Crippen LogP contribution in [0, 0.1) is 6.92 Å². The summed E-state index contributed by atoms with van der Waals surface area (Å²) in [6.45, 7) is 1.81. The predicted octanol–water partition coefficient (Wildman–Crippen LogP) is 2.51. The van der Waals surface area contributed by atoms with Gasteiger partial charge in [0.2, 0.25) is 0 Å². The Bertz CT molecular complexity index is 674. The lowest BCUT2D eigenvalue weighted by molar-refractivity contribution is 0.0699. The summed E-state index contributed by atoms with van der Waals surface area (Å²) >= 11 is 6.10. The van der Waals surface area contributed by atoms with Crippen molar-refractivity contribution in [2.45, 2.75) is 25.7 Å². The Morgan fingerprint density at radius 1 is 1.44 bits per heavy atom. The van der Waals surface area contributed by atoms with E-state index in [4.69, 9.17) is 11.6 Å². The zero-order valence-corrected chi connectivity index (χ0v) is 10.8. The average molecular weight is 266 g/mol. The van der Waals surface area contributed by atoms with E-state index in [2.05, 4.69) is 9.97 Å². The summed E-state index contributed by atoms with van der Waals surface area (Å²) in [6, 6.07) is 0. The molecule has 2 aromatic heterocycles. The number of hydrogen-bond donors (Lipinski definition) is 1. The molecule has 6 heteroatoms. The Balaban J connectivity index is 2.46. The number of aromatic carboxylic acids is 1. The molecule has 0 saturated heterocycles. The third-order valence-corrected chi connectivity index (χ3v) is 3.72. The molecule has 0 amide bonds. The molecule has 5 nitrogen and oxygen atoms in total. The van der Waals surface area contributed by atoms with Crippen LogP contribution in [0.3, 0.4) is 0 Å². The van der Waals surface area contributed by atoms with E-state index in [1.54, 1.807) is 11.6 Å². The van der Waals surface area contributed by atoms with Crippen molar-refractivity contribution in [1.82, 2.24) is 14.5 Å². The second-order valence-corrected chi connectivity index (χ2v) is 5.02. The van der Waals surface area contributed by atoms with Crippen LogP contribution in [0.2, 0.25) is 5.15 Å². The van der Waals surface area contributed by atoms with Crippen LogP contribution in [-0.2, 0) is 7.05 Å². The SMILES string of the molecule is Cc1nc(C2CC2)c2c(C(=O)O)c(Cl)n(C)c2n1. The molecule has 2 aromatic rings. The minimum Gasteiger partial charge on any atom is -0.478 e. The number of aromatic nitrogens is 3. The lowest BCUT2D eigenvalue weighted by atomic mass is 10.1. The third kappa shape index (κ3) is 1.50. The highest BCUT2D eigenvalue weighted by Gasteiger charge is 2.32. The van der Waals surface area contributed by atoms with Gasteiger partial charge in [-0.1, -0.05) is 11.6 Å². The number of halogens is 1. The molecule has 1 aliphatic rings. The van der Waals surface area contributed by atoms with Crippen molar-refractivity contribution < 1.29 is 9.90 Å². The van der Waals surface area contributed by atoms with Crippen molar-refractivity contribution >= 4 is 28.6 Å². The number of carboxylic acid groups (broad SMARTS) is 1. The highest BCUT2D eigenvalue weighted by Crippen LogP contribution is 2.44. The molecule has 1 saturated carbocycles. The van der Waals surface area contributed by atoms with Crippen molar-refractivity contribution in [1.29, 1.82) is 0 Å². The van der Waals surface area contributed by atoms with E-state index in [1.807, 2.05) is 6.92 Å². The summed E-state index contributed by atoms with van der Waals surface area (Å²) < 4.78 is 1.61. The number of aryl methyl sites for hydroxylation is 2.